The standard InChI is InChI=1S/C56H60N10O12/c1-75-47(67)51-33-63(34-52(48(68)76-2,55(51,71)72)44(40-20-8-14-26-60-40)65(31-37-17-5-11-23-57-37)43(51)39-19-7-13-25-59-39)29-30-64-35-53(49(69)77-3)45(41-21-9-15-27-61-41)66(32-38-18-6-12-24-58-38)46(42-22-10-16-28-62-42)54(36-64,50(70)78-4)56(53,73)74/h5-28,43-46,71-74H,29-36H2,1-4H3. The molecule has 0 amide bonds. The monoisotopic (exact) mass is 1060 g/mol. The molecule has 0 aromatic carbocycles. The molecule has 0 aliphatic carbocycles. The number of methoxy groups -OCH3 is 4. The molecule has 4 aliphatic rings. The molecule has 22 nitrogen and oxygen atoms in total. The second kappa shape index (κ2) is 21.0. The molecule has 4 aliphatic heterocycles. The van der Waals surface area contributed by atoms with E-state index in [-0.39, 0.29) is 49.0 Å². The molecule has 406 valence electrons. The van der Waals surface area contributed by atoms with Crippen LogP contribution in [-0.2, 0) is 51.2 Å². The Hall–Kier alpha value is -7.54. The van der Waals surface area contributed by atoms with Gasteiger partial charge in [-0.2, -0.15) is 0 Å². The Balaban J connectivity index is 1.17. The first-order chi connectivity index (χ1) is 37.6. The van der Waals surface area contributed by atoms with Gasteiger partial charge in [-0.25, -0.2) is 0 Å². The number of carbonyl (C=O) groups excluding carboxylic acids is 4. The summed E-state index contributed by atoms with van der Waals surface area (Å²) in [5, 5.41) is 53.6. The third kappa shape index (κ3) is 7.99. The number of carbonyl (C=O) groups is 4. The predicted molar refractivity (Wildman–Crippen MR) is 272 cm³/mol. The SMILES string of the molecule is COC(=O)C12CN(CCN3CC4(C(=O)OC)C(c5ccccn5)N(Cc5ccccn5)C(c5ccccn5)C(C(=O)OC)(C3)C4(O)O)CC(C(=O)OC)(C(c3ccccn3)N(Cc3ccccn3)C1c1ccccn1)C2(O)O. The lowest BCUT2D eigenvalue weighted by molar-refractivity contribution is -0.382. The molecule has 4 saturated heterocycles. The fourth-order valence-corrected chi connectivity index (χ4v) is 13.5. The van der Waals surface area contributed by atoms with Crippen molar-refractivity contribution in [3.05, 3.63) is 181 Å². The van der Waals surface area contributed by atoms with Crippen LogP contribution in [0.2, 0.25) is 0 Å². The van der Waals surface area contributed by atoms with Crippen molar-refractivity contribution in [3.63, 3.8) is 0 Å². The average Bonchev–Trinajstić information content (AvgIpc) is 1.84. The largest absolute Gasteiger partial charge is 0.468 e. The van der Waals surface area contributed by atoms with Gasteiger partial charge in [0.05, 0.1) is 86.8 Å². The van der Waals surface area contributed by atoms with Crippen LogP contribution in [0.4, 0.5) is 0 Å². The molecule has 6 aromatic heterocycles. The lowest BCUT2D eigenvalue weighted by atomic mass is 9.50. The van der Waals surface area contributed by atoms with E-state index in [4.69, 9.17) is 38.9 Å². The van der Waals surface area contributed by atoms with Crippen LogP contribution < -0.4 is 0 Å². The summed E-state index contributed by atoms with van der Waals surface area (Å²) < 4.78 is 22.5. The summed E-state index contributed by atoms with van der Waals surface area (Å²) in [7, 11) is 4.46. The number of esters is 4. The predicted octanol–water partition coefficient (Wildman–Crippen LogP) is 1.98. The molecule has 8 unspecified atom stereocenters. The van der Waals surface area contributed by atoms with Crippen molar-refractivity contribution in [1.82, 2.24) is 49.5 Å². The number of aliphatic hydroxyl groups is 4. The van der Waals surface area contributed by atoms with Gasteiger partial charge in [0, 0.05) is 89.5 Å². The number of hydrogen-bond donors (Lipinski definition) is 4. The number of ether oxygens (including phenoxy) is 4. The second-order valence-corrected chi connectivity index (χ2v) is 20.2. The van der Waals surface area contributed by atoms with Crippen molar-refractivity contribution in [3.8, 4) is 0 Å². The Kier molecular flexibility index (Phi) is 14.5. The molecule has 10 heterocycles. The number of pyridine rings is 6. The lowest BCUT2D eigenvalue weighted by Crippen LogP contribution is -2.84. The summed E-state index contributed by atoms with van der Waals surface area (Å²) in [6, 6.07) is 25.1. The van der Waals surface area contributed by atoms with E-state index in [2.05, 4.69) is 9.97 Å². The Morgan fingerprint density at radius 2 is 0.654 bits per heavy atom. The minimum atomic E-state index is -3.29. The quantitative estimate of drug-likeness (QED) is 0.0650. The van der Waals surface area contributed by atoms with E-state index in [1.165, 1.54) is 24.8 Å². The van der Waals surface area contributed by atoms with Gasteiger partial charge in [0.2, 0.25) is 11.6 Å². The van der Waals surface area contributed by atoms with Gasteiger partial charge in [0.1, 0.15) is 0 Å². The van der Waals surface area contributed by atoms with Crippen LogP contribution in [0.5, 0.6) is 0 Å². The Bertz CT molecular complexity index is 2740. The third-order valence-corrected chi connectivity index (χ3v) is 16.5. The highest BCUT2D eigenvalue weighted by Gasteiger charge is 2.85. The summed E-state index contributed by atoms with van der Waals surface area (Å²) in [4.78, 5) is 96.1. The smallest absolute Gasteiger partial charge is 0.320 e. The molecule has 78 heavy (non-hydrogen) atoms. The van der Waals surface area contributed by atoms with E-state index in [9.17, 15) is 20.4 Å². The third-order valence-electron chi connectivity index (χ3n) is 16.5. The van der Waals surface area contributed by atoms with Gasteiger partial charge in [-0.05, 0) is 72.8 Å². The maximum Gasteiger partial charge on any atom is 0.320 e. The average molecular weight is 1070 g/mol. The van der Waals surface area contributed by atoms with E-state index in [1.54, 1.807) is 141 Å². The summed E-state index contributed by atoms with van der Waals surface area (Å²) in [6.07, 6.45) is 9.21. The summed E-state index contributed by atoms with van der Waals surface area (Å²) in [5.74, 6) is -11.0. The van der Waals surface area contributed by atoms with Gasteiger partial charge >= 0.3 is 23.9 Å². The van der Waals surface area contributed by atoms with Gasteiger partial charge < -0.3 is 39.4 Å². The maximum atomic E-state index is 15.3. The molecule has 4 fully saturated rings. The topological polar surface area (TPSA) is 276 Å². The van der Waals surface area contributed by atoms with Crippen LogP contribution in [0.3, 0.4) is 0 Å². The van der Waals surface area contributed by atoms with Crippen LogP contribution in [0, 0.1) is 21.7 Å². The van der Waals surface area contributed by atoms with E-state index in [0.29, 0.717) is 11.4 Å². The maximum absolute atomic E-state index is 15.3. The highest BCUT2D eigenvalue weighted by molar-refractivity contribution is 5.88. The Morgan fingerprint density at radius 3 is 0.859 bits per heavy atom. The van der Waals surface area contributed by atoms with Crippen molar-refractivity contribution < 1.29 is 58.6 Å². The minimum absolute atomic E-state index is 0.0633. The zero-order chi connectivity index (χ0) is 55.1. The van der Waals surface area contributed by atoms with Crippen LogP contribution in [0.25, 0.3) is 0 Å². The number of hydrogen-bond acceptors (Lipinski definition) is 22. The van der Waals surface area contributed by atoms with E-state index >= 15 is 19.2 Å². The molecule has 8 atom stereocenters. The molecule has 0 saturated carbocycles. The number of aromatic nitrogens is 6. The van der Waals surface area contributed by atoms with Crippen LogP contribution >= 0.6 is 0 Å². The molecule has 22 heteroatoms. The number of rotatable bonds is 15. The van der Waals surface area contributed by atoms with Gasteiger partial charge in [0.25, 0.3) is 0 Å². The Morgan fingerprint density at radius 1 is 0.410 bits per heavy atom. The minimum Gasteiger partial charge on any atom is -0.468 e. The number of likely N-dealkylation sites (tertiary alicyclic amines) is 4. The van der Waals surface area contributed by atoms with Crippen LogP contribution in [-0.4, -0.2) is 173 Å². The van der Waals surface area contributed by atoms with Gasteiger partial charge in [0.15, 0.2) is 21.7 Å². The van der Waals surface area contributed by atoms with Crippen molar-refractivity contribution >= 4 is 23.9 Å². The van der Waals surface area contributed by atoms with Gasteiger partial charge in [-0.3, -0.25) is 68.7 Å². The normalized spacial score (nSPS) is 28.7. The zero-order valence-corrected chi connectivity index (χ0v) is 43.3. The lowest BCUT2D eigenvalue weighted by Gasteiger charge is -2.68. The van der Waals surface area contributed by atoms with Crippen LogP contribution in [0.15, 0.2) is 146 Å². The first kappa shape index (κ1) is 53.8. The van der Waals surface area contributed by atoms with Crippen molar-refractivity contribution in [2.45, 2.75) is 48.8 Å². The Labute approximate surface area is 449 Å². The van der Waals surface area contributed by atoms with E-state index in [0.717, 1.165) is 28.4 Å². The highest BCUT2D eigenvalue weighted by atomic mass is 16.6. The van der Waals surface area contributed by atoms with E-state index < -0.39 is 107 Å². The van der Waals surface area contributed by atoms with Crippen molar-refractivity contribution in [2.24, 2.45) is 21.7 Å². The molecule has 4 N–H and O–H groups in total. The molecule has 6 aromatic rings. The zero-order valence-electron chi connectivity index (χ0n) is 43.3. The number of fused-ring (bicyclic) bond motifs is 4. The highest BCUT2D eigenvalue weighted by Crippen LogP contribution is 2.69. The second-order valence-electron chi connectivity index (χ2n) is 20.2. The molecule has 0 spiro atoms. The van der Waals surface area contributed by atoms with Crippen LogP contribution in [0.1, 0.15) is 58.3 Å². The fourth-order valence-electron chi connectivity index (χ4n) is 13.5. The molecular weight excluding hydrogens is 1000 g/mol. The first-order valence-corrected chi connectivity index (χ1v) is 25.3. The molecule has 0 radical (unpaired) electrons. The van der Waals surface area contributed by atoms with E-state index in [1.807, 2.05) is 0 Å². The molecule has 4 bridgehead atoms. The van der Waals surface area contributed by atoms with Crippen molar-refractivity contribution in [2.75, 3.05) is 67.7 Å². The summed E-state index contributed by atoms with van der Waals surface area (Å²) >= 11 is 0. The first-order valence-electron chi connectivity index (χ1n) is 25.3. The fraction of sp³-hybridized carbons (Fsp3) is 0.393. The van der Waals surface area contributed by atoms with Gasteiger partial charge in [-0.1, -0.05) is 36.4 Å². The molecule has 10 rings (SSSR count). The molecular formula is C56H60N10O12. The van der Waals surface area contributed by atoms with Gasteiger partial charge in [-0.15, -0.1) is 0 Å². The van der Waals surface area contributed by atoms with Crippen molar-refractivity contribution in [1.29, 1.82) is 0 Å². The number of nitrogens with zero attached hydrogens (tertiary/aromatic N) is 10. The summed E-state index contributed by atoms with van der Waals surface area (Å²) in [6.45, 7) is -2.38. The summed E-state index contributed by atoms with van der Waals surface area (Å²) in [5.41, 5.74) is -8.10. The number of piperidine rings is 4.